The van der Waals surface area contributed by atoms with Crippen LogP contribution in [0, 0.1) is 11.8 Å². The molecule has 0 saturated heterocycles. The number of amides is 2. The van der Waals surface area contributed by atoms with E-state index in [1.54, 1.807) is 26.0 Å². The summed E-state index contributed by atoms with van der Waals surface area (Å²) in [4.78, 5) is 59.6. The van der Waals surface area contributed by atoms with Crippen LogP contribution in [0.25, 0.3) is 10.8 Å². The number of rotatable bonds is 11. The minimum atomic E-state index is -1.22. The van der Waals surface area contributed by atoms with E-state index in [0.29, 0.717) is 11.8 Å². The molecule has 2 aromatic rings. The molecule has 8 heteroatoms. The first kappa shape index (κ1) is 24.7. The number of carboxylic acid groups (broad SMARTS) is 1. The van der Waals surface area contributed by atoms with Gasteiger partial charge in [-0.1, -0.05) is 51.1 Å². The Morgan fingerprint density at radius 2 is 1.59 bits per heavy atom. The molecule has 0 unspecified atom stereocenters. The fourth-order valence-electron chi connectivity index (χ4n) is 3.34. The number of carbonyl (C=O) groups excluding carboxylic acids is 4. The van der Waals surface area contributed by atoms with Gasteiger partial charge in [-0.05, 0) is 28.8 Å². The Morgan fingerprint density at radius 1 is 0.938 bits per heavy atom. The molecule has 0 aromatic heterocycles. The molecular weight excluding hydrogens is 412 g/mol. The summed E-state index contributed by atoms with van der Waals surface area (Å²) in [5.41, 5.74) is 0.426. The van der Waals surface area contributed by atoms with Crippen molar-refractivity contribution in [1.82, 2.24) is 10.6 Å². The third-order valence-corrected chi connectivity index (χ3v) is 5.15. The molecule has 170 valence electrons. The predicted octanol–water partition coefficient (Wildman–Crippen LogP) is 2.35. The monoisotopic (exact) mass is 440 g/mol. The quantitative estimate of drug-likeness (QED) is 0.460. The van der Waals surface area contributed by atoms with Crippen molar-refractivity contribution in [2.24, 2.45) is 11.8 Å². The summed E-state index contributed by atoms with van der Waals surface area (Å²) in [7, 11) is 0. The van der Waals surface area contributed by atoms with Gasteiger partial charge in [0.15, 0.2) is 5.78 Å². The third-order valence-electron chi connectivity index (χ3n) is 5.15. The Hall–Kier alpha value is -3.55. The number of fused-ring (bicyclic) bond motifs is 1. The summed E-state index contributed by atoms with van der Waals surface area (Å²) in [6.07, 6.45) is -0.348. The van der Waals surface area contributed by atoms with Gasteiger partial charge in [0.05, 0.1) is 18.5 Å². The third kappa shape index (κ3) is 6.73. The summed E-state index contributed by atoms with van der Waals surface area (Å²) in [5.74, 6) is -3.53. The molecule has 0 heterocycles. The van der Waals surface area contributed by atoms with Crippen LogP contribution in [0.3, 0.4) is 0 Å². The second-order valence-electron chi connectivity index (χ2n) is 8.18. The second kappa shape index (κ2) is 11.2. The highest BCUT2D eigenvalue weighted by molar-refractivity contribution is 6.01. The number of hydrogen-bond donors (Lipinski definition) is 3. The molecule has 0 radical (unpaired) electrons. The number of aldehydes is 1. The van der Waals surface area contributed by atoms with Gasteiger partial charge in [-0.15, -0.1) is 0 Å². The first-order valence-corrected chi connectivity index (χ1v) is 10.4. The van der Waals surface area contributed by atoms with E-state index >= 15 is 0 Å². The lowest BCUT2D eigenvalue weighted by molar-refractivity contribution is -0.139. The van der Waals surface area contributed by atoms with Crippen LogP contribution in [0.2, 0.25) is 0 Å². The minimum absolute atomic E-state index is 0.161. The van der Waals surface area contributed by atoms with E-state index in [-0.39, 0.29) is 24.0 Å². The first-order chi connectivity index (χ1) is 15.1. The van der Waals surface area contributed by atoms with Crippen LogP contribution in [-0.4, -0.2) is 47.0 Å². The Labute approximate surface area is 186 Å². The zero-order valence-corrected chi connectivity index (χ0v) is 18.3. The normalized spacial score (nSPS) is 13.8. The summed E-state index contributed by atoms with van der Waals surface area (Å²) < 4.78 is 0. The zero-order chi connectivity index (χ0) is 23.8. The van der Waals surface area contributed by atoms with Gasteiger partial charge < -0.3 is 20.5 Å². The second-order valence-corrected chi connectivity index (χ2v) is 8.18. The SMILES string of the molecule is CC(C)[C@H](NC(=O)c1ccc2ccccc2c1)C(=O)C[C@@H](C)C(=O)N[C@H](C=O)CC(=O)O. The first-order valence-electron chi connectivity index (χ1n) is 10.4. The van der Waals surface area contributed by atoms with Crippen molar-refractivity contribution in [3.63, 3.8) is 0 Å². The Balaban J connectivity index is 2.04. The zero-order valence-electron chi connectivity index (χ0n) is 18.3. The maximum Gasteiger partial charge on any atom is 0.305 e. The molecule has 2 amide bonds. The van der Waals surface area contributed by atoms with E-state index in [0.717, 1.165) is 10.8 Å². The van der Waals surface area contributed by atoms with Crippen molar-refractivity contribution in [3.05, 3.63) is 48.0 Å². The molecule has 0 fully saturated rings. The highest BCUT2D eigenvalue weighted by Gasteiger charge is 2.28. The standard InChI is InChI=1S/C24H28N2O6/c1-14(2)22(20(28)10-15(3)23(31)25-19(13-27)12-21(29)30)26-24(32)18-9-8-16-6-4-5-7-17(16)11-18/h4-9,11,13-15,19,22H,10,12H2,1-3H3,(H,25,31)(H,26,32)(H,29,30)/t15-,19+,22+/m1/s1. The van der Waals surface area contributed by atoms with Gasteiger partial charge in [0.2, 0.25) is 5.91 Å². The number of nitrogens with one attached hydrogen (secondary N) is 2. The van der Waals surface area contributed by atoms with Gasteiger partial charge in [-0.3, -0.25) is 19.2 Å². The van der Waals surface area contributed by atoms with Gasteiger partial charge in [0.25, 0.3) is 5.91 Å². The van der Waals surface area contributed by atoms with Crippen LogP contribution in [0.4, 0.5) is 0 Å². The lowest BCUT2D eigenvalue weighted by Gasteiger charge is -2.23. The van der Waals surface area contributed by atoms with Crippen molar-refractivity contribution >= 4 is 40.6 Å². The molecule has 3 atom stereocenters. The molecule has 2 rings (SSSR count). The fraction of sp³-hybridized carbons (Fsp3) is 0.375. The number of ketones is 1. The maximum atomic E-state index is 12.9. The van der Waals surface area contributed by atoms with Crippen LogP contribution < -0.4 is 10.6 Å². The average Bonchev–Trinajstić information content (AvgIpc) is 2.75. The summed E-state index contributed by atoms with van der Waals surface area (Å²) in [6, 6.07) is 10.9. The lowest BCUT2D eigenvalue weighted by Crippen LogP contribution is -2.46. The largest absolute Gasteiger partial charge is 0.481 e. The predicted molar refractivity (Wildman–Crippen MR) is 119 cm³/mol. The molecule has 0 aliphatic carbocycles. The Kier molecular flexibility index (Phi) is 8.63. The van der Waals surface area contributed by atoms with Crippen molar-refractivity contribution in [2.45, 2.75) is 45.7 Å². The molecule has 0 spiro atoms. The van der Waals surface area contributed by atoms with Crippen LogP contribution in [0.1, 0.15) is 44.0 Å². The molecule has 0 aliphatic heterocycles. The molecule has 8 nitrogen and oxygen atoms in total. The summed E-state index contributed by atoms with van der Waals surface area (Å²) in [6.45, 7) is 5.10. The van der Waals surface area contributed by atoms with Gasteiger partial charge in [0.1, 0.15) is 6.29 Å². The molecule has 32 heavy (non-hydrogen) atoms. The molecule has 3 N–H and O–H groups in total. The van der Waals surface area contributed by atoms with Gasteiger partial charge in [0, 0.05) is 17.9 Å². The fourth-order valence-corrected chi connectivity index (χ4v) is 3.34. The number of carboxylic acids is 1. The minimum Gasteiger partial charge on any atom is -0.481 e. The van der Waals surface area contributed by atoms with E-state index in [4.69, 9.17) is 5.11 Å². The van der Waals surface area contributed by atoms with E-state index in [1.807, 2.05) is 30.3 Å². The van der Waals surface area contributed by atoms with Crippen molar-refractivity contribution in [3.8, 4) is 0 Å². The van der Waals surface area contributed by atoms with E-state index in [1.165, 1.54) is 6.92 Å². The smallest absolute Gasteiger partial charge is 0.305 e. The number of benzene rings is 2. The van der Waals surface area contributed by atoms with E-state index < -0.39 is 36.3 Å². The van der Waals surface area contributed by atoms with Crippen LogP contribution in [0.5, 0.6) is 0 Å². The molecule has 0 saturated carbocycles. The van der Waals surface area contributed by atoms with Gasteiger partial charge in [-0.25, -0.2) is 0 Å². The van der Waals surface area contributed by atoms with Gasteiger partial charge >= 0.3 is 5.97 Å². The maximum absolute atomic E-state index is 12.9. The van der Waals surface area contributed by atoms with Crippen LogP contribution in [0.15, 0.2) is 42.5 Å². The molecule has 2 aromatic carbocycles. The number of aliphatic carboxylic acids is 1. The van der Waals surface area contributed by atoms with Crippen LogP contribution >= 0.6 is 0 Å². The summed E-state index contributed by atoms with van der Waals surface area (Å²) >= 11 is 0. The average molecular weight is 440 g/mol. The van der Waals surface area contributed by atoms with Crippen LogP contribution in [-0.2, 0) is 19.2 Å². The van der Waals surface area contributed by atoms with Crippen molar-refractivity contribution < 1.29 is 29.1 Å². The van der Waals surface area contributed by atoms with E-state index in [2.05, 4.69) is 10.6 Å². The number of Topliss-reactive ketones (excluding diaryl/α,β-unsaturated/α-hetero) is 1. The van der Waals surface area contributed by atoms with E-state index in [9.17, 15) is 24.0 Å². The topological polar surface area (TPSA) is 130 Å². The lowest BCUT2D eigenvalue weighted by atomic mass is 9.92. The Bertz CT molecular complexity index is 1020. The molecule has 0 aliphatic rings. The Morgan fingerprint density at radius 3 is 2.19 bits per heavy atom. The summed E-state index contributed by atoms with van der Waals surface area (Å²) in [5, 5.41) is 15.8. The van der Waals surface area contributed by atoms with Crippen molar-refractivity contribution in [1.29, 1.82) is 0 Å². The molecule has 0 bridgehead atoms. The highest BCUT2D eigenvalue weighted by atomic mass is 16.4. The highest BCUT2D eigenvalue weighted by Crippen LogP contribution is 2.17. The van der Waals surface area contributed by atoms with Gasteiger partial charge in [-0.2, -0.15) is 0 Å². The number of hydrogen-bond acceptors (Lipinski definition) is 5. The molecular formula is C24H28N2O6. The number of carbonyl (C=O) groups is 5. The van der Waals surface area contributed by atoms with Crippen molar-refractivity contribution in [2.75, 3.05) is 0 Å².